The van der Waals surface area contributed by atoms with E-state index in [1.54, 1.807) is 0 Å². The van der Waals surface area contributed by atoms with Gasteiger partial charge in [0.2, 0.25) is 5.91 Å². The molecule has 1 amide bonds. The van der Waals surface area contributed by atoms with Crippen molar-refractivity contribution >= 4 is 5.91 Å². The Morgan fingerprint density at radius 1 is 1.42 bits per heavy atom. The van der Waals surface area contributed by atoms with Crippen LogP contribution >= 0.6 is 0 Å². The first kappa shape index (κ1) is 13.6. The van der Waals surface area contributed by atoms with Gasteiger partial charge in [-0.2, -0.15) is 5.26 Å². The second-order valence-corrected chi connectivity index (χ2v) is 5.11. The molecule has 100 valence electrons. The van der Waals surface area contributed by atoms with Crippen LogP contribution in [0.25, 0.3) is 0 Å². The summed E-state index contributed by atoms with van der Waals surface area (Å²) in [5, 5.41) is 11.8. The molecule has 0 saturated carbocycles. The van der Waals surface area contributed by atoms with E-state index < -0.39 is 5.41 Å². The Balaban J connectivity index is 1.85. The molecule has 1 aliphatic rings. The first-order valence-electron chi connectivity index (χ1n) is 6.41. The number of carbonyl (C=O) groups is 1. The van der Waals surface area contributed by atoms with E-state index in [0.29, 0.717) is 6.54 Å². The molecule has 1 aliphatic heterocycles. The molecular weight excluding hydrogens is 240 g/mol. The number of hydrogen-bond acceptors (Lipinski definition) is 3. The Morgan fingerprint density at radius 3 is 2.68 bits per heavy atom. The molecule has 1 saturated heterocycles. The maximum absolute atomic E-state index is 11.9. The average Bonchev–Trinajstić information content (AvgIpc) is 2.33. The van der Waals surface area contributed by atoms with Gasteiger partial charge in [0.05, 0.1) is 19.3 Å². The maximum Gasteiger partial charge on any atom is 0.245 e. The Kier molecular flexibility index (Phi) is 3.87. The third kappa shape index (κ3) is 2.77. The van der Waals surface area contributed by atoms with Crippen LogP contribution in [-0.2, 0) is 16.0 Å². The van der Waals surface area contributed by atoms with Crippen molar-refractivity contribution in [3.05, 3.63) is 34.9 Å². The monoisotopic (exact) mass is 258 g/mol. The molecule has 0 aliphatic carbocycles. The van der Waals surface area contributed by atoms with Crippen LogP contribution in [0.3, 0.4) is 0 Å². The van der Waals surface area contributed by atoms with Crippen molar-refractivity contribution < 1.29 is 9.53 Å². The van der Waals surface area contributed by atoms with Crippen LogP contribution in [0.1, 0.15) is 16.7 Å². The molecule has 2 rings (SSSR count). The fourth-order valence-corrected chi connectivity index (χ4v) is 2.00. The molecule has 0 unspecified atom stereocenters. The lowest BCUT2D eigenvalue weighted by Gasteiger charge is -2.33. The fourth-order valence-electron chi connectivity index (χ4n) is 2.00. The number of carbonyl (C=O) groups excluding carboxylic acids is 1. The molecule has 19 heavy (non-hydrogen) atoms. The third-order valence-corrected chi connectivity index (χ3v) is 3.62. The van der Waals surface area contributed by atoms with E-state index in [1.165, 1.54) is 16.7 Å². The molecule has 1 fully saturated rings. The summed E-state index contributed by atoms with van der Waals surface area (Å²) in [6.07, 6.45) is 0.773. The molecule has 0 aromatic heterocycles. The molecule has 0 radical (unpaired) electrons. The van der Waals surface area contributed by atoms with E-state index >= 15 is 0 Å². The number of nitrogens with one attached hydrogen (secondary N) is 1. The van der Waals surface area contributed by atoms with E-state index in [9.17, 15) is 4.79 Å². The number of hydrogen-bond donors (Lipinski definition) is 1. The molecule has 1 heterocycles. The first-order chi connectivity index (χ1) is 9.07. The topological polar surface area (TPSA) is 62.1 Å². The smallest absolute Gasteiger partial charge is 0.245 e. The summed E-state index contributed by atoms with van der Waals surface area (Å²) in [7, 11) is 0. The molecule has 4 heteroatoms. The zero-order chi connectivity index (χ0) is 13.9. The van der Waals surface area contributed by atoms with Crippen molar-refractivity contribution in [2.75, 3.05) is 19.8 Å². The van der Waals surface area contributed by atoms with Gasteiger partial charge in [-0.3, -0.25) is 4.79 Å². The summed E-state index contributed by atoms with van der Waals surface area (Å²) in [6, 6.07) is 8.33. The van der Waals surface area contributed by atoms with E-state index in [-0.39, 0.29) is 19.1 Å². The van der Waals surface area contributed by atoms with Crippen LogP contribution in [0.15, 0.2) is 18.2 Å². The molecule has 0 bridgehead atoms. The van der Waals surface area contributed by atoms with Crippen LogP contribution in [0.5, 0.6) is 0 Å². The minimum Gasteiger partial charge on any atom is -0.377 e. The minimum atomic E-state index is -0.955. The Morgan fingerprint density at radius 2 is 2.16 bits per heavy atom. The highest BCUT2D eigenvalue weighted by Gasteiger charge is 2.46. The van der Waals surface area contributed by atoms with Gasteiger partial charge in [-0.15, -0.1) is 0 Å². The average molecular weight is 258 g/mol. The van der Waals surface area contributed by atoms with Gasteiger partial charge in [0, 0.05) is 6.54 Å². The number of benzene rings is 1. The van der Waals surface area contributed by atoms with Gasteiger partial charge in [-0.05, 0) is 37.0 Å². The summed E-state index contributed by atoms with van der Waals surface area (Å²) in [5.41, 5.74) is 2.76. The number of aryl methyl sites for hydroxylation is 2. The van der Waals surface area contributed by atoms with Crippen LogP contribution in [0.4, 0.5) is 0 Å². The highest BCUT2D eigenvalue weighted by molar-refractivity contribution is 5.86. The lowest BCUT2D eigenvalue weighted by Crippen LogP contribution is -2.53. The first-order valence-corrected chi connectivity index (χ1v) is 6.41. The third-order valence-electron chi connectivity index (χ3n) is 3.62. The van der Waals surface area contributed by atoms with Crippen molar-refractivity contribution in [2.45, 2.75) is 20.3 Å². The predicted molar refractivity (Wildman–Crippen MR) is 71.5 cm³/mol. The number of amides is 1. The second-order valence-electron chi connectivity index (χ2n) is 5.11. The summed E-state index contributed by atoms with van der Waals surface area (Å²) >= 11 is 0. The molecular formula is C15H18N2O2. The minimum absolute atomic E-state index is 0.207. The van der Waals surface area contributed by atoms with Crippen molar-refractivity contribution in [1.29, 1.82) is 5.26 Å². The molecule has 4 nitrogen and oxygen atoms in total. The SMILES string of the molecule is Cc1ccc(CCNC(=O)C2(C#N)COC2)cc1C. The van der Waals surface area contributed by atoms with Gasteiger partial charge in [-0.1, -0.05) is 18.2 Å². The van der Waals surface area contributed by atoms with Crippen LogP contribution in [0, 0.1) is 30.6 Å². The summed E-state index contributed by atoms with van der Waals surface area (Å²) in [6.45, 7) is 5.12. The quantitative estimate of drug-likeness (QED) is 0.890. The number of ether oxygens (including phenoxy) is 1. The fraction of sp³-hybridized carbons (Fsp3) is 0.467. The standard InChI is InChI=1S/C15H18N2O2/c1-11-3-4-13(7-12(11)2)5-6-17-14(18)15(8-16)9-19-10-15/h3-4,7H,5-6,9-10H2,1-2H3,(H,17,18). The lowest BCUT2D eigenvalue weighted by atomic mass is 9.87. The van der Waals surface area contributed by atoms with Crippen LogP contribution in [0.2, 0.25) is 0 Å². The molecule has 0 spiro atoms. The lowest BCUT2D eigenvalue weighted by molar-refractivity contribution is -0.149. The van der Waals surface area contributed by atoms with Crippen LogP contribution < -0.4 is 5.32 Å². The van der Waals surface area contributed by atoms with E-state index in [4.69, 9.17) is 10.00 Å². The zero-order valence-corrected chi connectivity index (χ0v) is 11.3. The molecule has 1 N–H and O–H groups in total. The van der Waals surface area contributed by atoms with E-state index in [0.717, 1.165) is 6.42 Å². The van der Waals surface area contributed by atoms with Gasteiger partial charge in [-0.25, -0.2) is 0 Å². The van der Waals surface area contributed by atoms with E-state index in [1.807, 2.05) is 6.07 Å². The normalized spacial score (nSPS) is 16.3. The van der Waals surface area contributed by atoms with E-state index in [2.05, 4.69) is 37.4 Å². The summed E-state index contributed by atoms with van der Waals surface area (Å²) in [4.78, 5) is 11.9. The maximum atomic E-state index is 11.9. The highest BCUT2D eigenvalue weighted by atomic mass is 16.5. The summed E-state index contributed by atoms with van der Waals surface area (Å²) in [5.74, 6) is -0.218. The number of nitrogens with zero attached hydrogens (tertiary/aromatic N) is 1. The van der Waals surface area contributed by atoms with Gasteiger partial charge < -0.3 is 10.1 Å². The van der Waals surface area contributed by atoms with Crippen molar-refractivity contribution in [1.82, 2.24) is 5.32 Å². The second kappa shape index (κ2) is 5.41. The molecule has 1 aromatic carbocycles. The van der Waals surface area contributed by atoms with Gasteiger partial charge in [0.15, 0.2) is 5.41 Å². The molecule has 1 aromatic rings. The van der Waals surface area contributed by atoms with Gasteiger partial charge >= 0.3 is 0 Å². The van der Waals surface area contributed by atoms with Crippen LogP contribution in [-0.4, -0.2) is 25.7 Å². The van der Waals surface area contributed by atoms with Crippen molar-refractivity contribution in [2.24, 2.45) is 5.41 Å². The van der Waals surface area contributed by atoms with Gasteiger partial charge in [0.1, 0.15) is 0 Å². The number of rotatable bonds is 4. The Labute approximate surface area is 113 Å². The summed E-state index contributed by atoms with van der Waals surface area (Å²) < 4.78 is 4.96. The molecule has 0 atom stereocenters. The zero-order valence-electron chi connectivity index (χ0n) is 11.3. The van der Waals surface area contributed by atoms with Crippen molar-refractivity contribution in [3.63, 3.8) is 0 Å². The van der Waals surface area contributed by atoms with Crippen molar-refractivity contribution in [3.8, 4) is 6.07 Å². The Hall–Kier alpha value is -1.86. The largest absolute Gasteiger partial charge is 0.377 e. The highest BCUT2D eigenvalue weighted by Crippen LogP contribution is 2.26. The van der Waals surface area contributed by atoms with Gasteiger partial charge in [0.25, 0.3) is 0 Å². The number of nitriles is 1. The Bertz CT molecular complexity index is 527. The predicted octanol–water partition coefficient (Wildman–Crippen LogP) is 1.50.